The van der Waals surface area contributed by atoms with Crippen LogP contribution in [0.3, 0.4) is 0 Å². The molecule has 0 fully saturated rings. The van der Waals surface area contributed by atoms with E-state index in [1.165, 1.54) is 0 Å². The van der Waals surface area contributed by atoms with Crippen LogP contribution < -0.4 is 4.74 Å². The average Bonchev–Trinajstić information content (AvgIpc) is 2.86. The maximum absolute atomic E-state index is 10.2. The molecule has 96 valence electrons. The first-order chi connectivity index (χ1) is 8.65. The Labute approximate surface area is 111 Å². The molecular weight excluding hydrogens is 252 g/mol. The third kappa shape index (κ3) is 2.52. The molecule has 0 bridgehead atoms. The van der Waals surface area contributed by atoms with E-state index < -0.39 is 6.10 Å². The SMILES string of the molecule is CCc1ccc(C(O)c2ccc(OC)cc2Cl)o1. The Kier molecular flexibility index (Phi) is 3.94. The number of halogens is 1. The largest absolute Gasteiger partial charge is 0.497 e. The van der Waals surface area contributed by atoms with E-state index in [0.29, 0.717) is 22.1 Å². The van der Waals surface area contributed by atoms with E-state index in [4.69, 9.17) is 20.8 Å². The van der Waals surface area contributed by atoms with Crippen molar-refractivity contribution in [3.05, 3.63) is 52.4 Å². The smallest absolute Gasteiger partial charge is 0.138 e. The number of rotatable bonds is 4. The highest BCUT2D eigenvalue weighted by molar-refractivity contribution is 6.31. The van der Waals surface area contributed by atoms with Crippen molar-refractivity contribution in [2.75, 3.05) is 7.11 Å². The van der Waals surface area contributed by atoms with Crippen LogP contribution in [0.15, 0.2) is 34.7 Å². The second kappa shape index (κ2) is 5.46. The summed E-state index contributed by atoms with van der Waals surface area (Å²) in [7, 11) is 1.57. The van der Waals surface area contributed by atoms with Crippen LogP contribution in [0.2, 0.25) is 5.02 Å². The Morgan fingerprint density at radius 3 is 2.67 bits per heavy atom. The molecule has 0 radical (unpaired) electrons. The standard InChI is InChI=1S/C14H15ClO3/c1-3-9-5-7-13(18-9)14(16)11-6-4-10(17-2)8-12(11)15/h4-8,14,16H,3H2,1-2H3. The second-order valence-corrected chi connectivity index (χ2v) is 4.35. The summed E-state index contributed by atoms with van der Waals surface area (Å²) in [4.78, 5) is 0. The van der Waals surface area contributed by atoms with Crippen molar-refractivity contribution in [3.8, 4) is 5.75 Å². The fraction of sp³-hybridized carbons (Fsp3) is 0.286. The van der Waals surface area contributed by atoms with Crippen molar-refractivity contribution in [2.45, 2.75) is 19.4 Å². The molecule has 0 saturated carbocycles. The number of benzene rings is 1. The van der Waals surface area contributed by atoms with Gasteiger partial charge in [-0.05, 0) is 24.3 Å². The van der Waals surface area contributed by atoms with Gasteiger partial charge in [-0.2, -0.15) is 0 Å². The summed E-state index contributed by atoms with van der Waals surface area (Å²) in [5.41, 5.74) is 0.606. The Balaban J connectivity index is 2.30. The van der Waals surface area contributed by atoms with Crippen LogP contribution in [0.4, 0.5) is 0 Å². The summed E-state index contributed by atoms with van der Waals surface area (Å²) in [6.45, 7) is 2.00. The van der Waals surface area contributed by atoms with Crippen LogP contribution in [0, 0.1) is 0 Å². The normalized spacial score (nSPS) is 12.4. The summed E-state index contributed by atoms with van der Waals surface area (Å²) in [5.74, 6) is 2.00. The van der Waals surface area contributed by atoms with Crippen molar-refractivity contribution in [1.29, 1.82) is 0 Å². The molecule has 2 rings (SSSR count). The van der Waals surface area contributed by atoms with E-state index in [-0.39, 0.29) is 0 Å². The van der Waals surface area contributed by atoms with Crippen molar-refractivity contribution in [2.24, 2.45) is 0 Å². The first-order valence-corrected chi connectivity index (χ1v) is 6.13. The first kappa shape index (κ1) is 13.0. The fourth-order valence-corrected chi connectivity index (χ4v) is 2.02. The van der Waals surface area contributed by atoms with E-state index in [1.807, 2.05) is 13.0 Å². The van der Waals surface area contributed by atoms with Gasteiger partial charge in [-0.25, -0.2) is 0 Å². The maximum Gasteiger partial charge on any atom is 0.138 e. The van der Waals surface area contributed by atoms with Gasteiger partial charge in [0.05, 0.1) is 12.1 Å². The van der Waals surface area contributed by atoms with Crippen LogP contribution in [0.5, 0.6) is 5.75 Å². The zero-order valence-corrected chi connectivity index (χ0v) is 11.1. The van der Waals surface area contributed by atoms with Gasteiger partial charge >= 0.3 is 0 Å². The highest BCUT2D eigenvalue weighted by Gasteiger charge is 2.17. The van der Waals surface area contributed by atoms with Crippen molar-refractivity contribution >= 4 is 11.6 Å². The maximum atomic E-state index is 10.2. The highest BCUT2D eigenvalue weighted by atomic mass is 35.5. The van der Waals surface area contributed by atoms with Crippen molar-refractivity contribution in [1.82, 2.24) is 0 Å². The zero-order chi connectivity index (χ0) is 13.1. The first-order valence-electron chi connectivity index (χ1n) is 5.75. The lowest BCUT2D eigenvalue weighted by Gasteiger charge is -2.11. The van der Waals surface area contributed by atoms with Crippen LogP contribution in [-0.4, -0.2) is 12.2 Å². The predicted octanol–water partition coefficient (Wildman–Crippen LogP) is 3.59. The van der Waals surface area contributed by atoms with Crippen LogP contribution >= 0.6 is 11.6 Å². The minimum Gasteiger partial charge on any atom is -0.497 e. The van der Waals surface area contributed by atoms with Gasteiger partial charge in [-0.15, -0.1) is 0 Å². The minimum atomic E-state index is -0.858. The van der Waals surface area contributed by atoms with E-state index >= 15 is 0 Å². The lowest BCUT2D eigenvalue weighted by molar-refractivity contribution is 0.187. The van der Waals surface area contributed by atoms with Crippen LogP contribution in [0.25, 0.3) is 0 Å². The Hall–Kier alpha value is -1.45. The lowest BCUT2D eigenvalue weighted by atomic mass is 10.1. The molecule has 1 atom stereocenters. The van der Waals surface area contributed by atoms with Gasteiger partial charge in [0.2, 0.25) is 0 Å². The Bertz CT molecular complexity index is 534. The Morgan fingerprint density at radius 1 is 1.33 bits per heavy atom. The summed E-state index contributed by atoms with van der Waals surface area (Å²) < 4.78 is 10.6. The second-order valence-electron chi connectivity index (χ2n) is 3.95. The Morgan fingerprint density at radius 2 is 2.11 bits per heavy atom. The molecule has 0 aliphatic rings. The van der Waals surface area contributed by atoms with Gasteiger partial charge < -0.3 is 14.3 Å². The summed E-state index contributed by atoms with van der Waals surface area (Å²) in [6.07, 6.45) is -0.0630. The van der Waals surface area contributed by atoms with E-state index in [0.717, 1.165) is 12.2 Å². The van der Waals surface area contributed by atoms with Gasteiger partial charge in [0.1, 0.15) is 23.4 Å². The third-order valence-electron chi connectivity index (χ3n) is 2.80. The molecule has 0 amide bonds. The predicted molar refractivity (Wildman–Crippen MR) is 70.2 cm³/mol. The number of hydrogen-bond donors (Lipinski definition) is 1. The minimum absolute atomic E-state index is 0.455. The van der Waals surface area contributed by atoms with Gasteiger partial charge in [-0.3, -0.25) is 0 Å². The third-order valence-corrected chi connectivity index (χ3v) is 3.13. The molecule has 0 spiro atoms. The molecule has 0 saturated heterocycles. The number of aryl methyl sites for hydroxylation is 1. The van der Waals surface area contributed by atoms with Crippen molar-refractivity contribution in [3.63, 3.8) is 0 Å². The molecule has 1 unspecified atom stereocenters. The molecule has 2 aromatic rings. The van der Waals surface area contributed by atoms with E-state index in [1.54, 1.807) is 31.4 Å². The van der Waals surface area contributed by atoms with E-state index in [9.17, 15) is 5.11 Å². The van der Waals surface area contributed by atoms with Gasteiger partial charge in [-0.1, -0.05) is 24.6 Å². The number of hydrogen-bond acceptors (Lipinski definition) is 3. The summed E-state index contributed by atoms with van der Waals surface area (Å²) in [6, 6.07) is 8.79. The molecular formula is C14H15ClO3. The molecule has 1 heterocycles. The molecule has 0 aliphatic heterocycles. The molecule has 1 aromatic heterocycles. The number of methoxy groups -OCH3 is 1. The molecule has 18 heavy (non-hydrogen) atoms. The molecule has 1 aromatic carbocycles. The van der Waals surface area contributed by atoms with Crippen LogP contribution in [-0.2, 0) is 6.42 Å². The van der Waals surface area contributed by atoms with Gasteiger partial charge in [0, 0.05) is 12.0 Å². The van der Waals surface area contributed by atoms with E-state index in [2.05, 4.69) is 0 Å². The topological polar surface area (TPSA) is 42.6 Å². The molecule has 4 heteroatoms. The van der Waals surface area contributed by atoms with Crippen molar-refractivity contribution < 1.29 is 14.3 Å². The average molecular weight is 267 g/mol. The number of ether oxygens (including phenoxy) is 1. The zero-order valence-electron chi connectivity index (χ0n) is 10.3. The number of furan rings is 1. The van der Waals surface area contributed by atoms with Crippen LogP contribution in [0.1, 0.15) is 30.1 Å². The quantitative estimate of drug-likeness (QED) is 0.920. The molecule has 0 aliphatic carbocycles. The lowest BCUT2D eigenvalue weighted by Crippen LogP contribution is -1.99. The molecule has 3 nitrogen and oxygen atoms in total. The highest BCUT2D eigenvalue weighted by Crippen LogP contribution is 2.31. The molecule has 1 N–H and O–H groups in total. The van der Waals surface area contributed by atoms with Gasteiger partial charge in [0.15, 0.2) is 0 Å². The number of aliphatic hydroxyl groups is 1. The van der Waals surface area contributed by atoms with Gasteiger partial charge in [0.25, 0.3) is 0 Å². The monoisotopic (exact) mass is 266 g/mol. The summed E-state index contributed by atoms with van der Waals surface area (Å²) in [5, 5.41) is 10.7. The summed E-state index contributed by atoms with van der Waals surface area (Å²) >= 11 is 6.11. The fourth-order valence-electron chi connectivity index (χ4n) is 1.74. The number of aliphatic hydroxyl groups excluding tert-OH is 1.